The third-order valence-corrected chi connectivity index (χ3v) is 2.19. The van der Waals surface area contributed by atoms with Crippen molar-refractivity contribution in [1.82, 2.24) is 4.90 Å². The number of hydrogen-bond donors (Lipinski definition) is 0. The molecule has 0 aliphatic carbocycles. The zero-order chi connectivity index (χ0) is 10.6. The summed E-state index contributed by atoms with van der Waals surface area (Å²) >= 11 is 5.32. The lowest BCUT2D eigenvalue weighted by Crippen LogP contribution is -2.20. The molecule has 0 heterocycles. The zero-order valence-corrected chi connectivity index (χ0v) is 8.91. The first-order valence-electron chi connectivity index (χ1n) is 4.17. The monoisotopic (exact) mass is 213 g/mol. The molecule has 0 unspecified atom stereocenters. The molecule has 14 heavy (non-hydrogen) atoms. The van der Waals surface area contributed by atoms with Crippen molar-refractivity contribution in [2.75, 3.05) is 14.2 Å². The van der Waals surface area contributed by atoms with Gasteiger partial charge in [-0.15, -0.1) is 0 Å². The van der Waals surface area contributed by atoms with Gasteiger partial charge in [0.15, 0.2) is 0 Å². The molecule has 0 saturated heterocycles. The minimum atomic E-state index is -0.476. The summed E-state index contributed by atoms with van der Waals surface area (Å²) in [6.07, 6.45) is 0. The Morgan fingerprint density at radius 2 is 2.14 bits per heavy atom. The van der Waals surface area contributed by atoms with Crippen molar-refractivity contribution >= 4 is 17.0 Å². The highest BCUT2D eigenvalue weighted by atomic mass is 35.5. The van der Waals surface area contributed by atoms with E-state index in [1.807, 2.05) is 24.3 Å². The molecule has 1 aromatic rings. The summed E-state index contributed by atoms with van der Waals surface area (Å²) in [4.78, 5) is 12.2. The second-order valence-electron chi connectivity index (χ2n) is 2.92. The first-order valence-corrected chi connectivity index (χ1v) is 4.55. The summed E-state index contributed by atoms with van der Waals surface area (Å²) in [7, 11) is 3.24. The van der Waals surface area contributed by atoms with Crippen LogP contribution < -0.4 is 4.74 Å². The third kappa shape index (κ3) is 2.64. The van der Waals surface area contributed by atoms with Gasteiger partial charge in [0.25, 0.3) is 0 Å². The molecule has 0 atom stereocenters. The van der Waals surface area contributed by atoms with Crippen LogP contribution in [0.25, 0.3) is 0 Å². The molecule has 1 amide bonds. The molecule has 3 nitrogen and oxygen atoms in total. The minimum Gasteiger partial charge on any atom is -0.496 e. The second kappa shape index (κ2) is 4.86. The van der Waals surface area contributed by atoms with Crippen molar-refractivity contribution in [3.05, 3.63) is 29.8 Å². The normalized spacial score (nSPS) is 9.64. The van der Waals surface area contributed by atoms with E-state index in [-0.39, 0.29) is 0 Å². The largest absolute Gasteiger partial charge is 0.496 e. The fraction of sp³-hybridized carbons (Fsp3) is 0.300. The van der Waals surface area contributed by atoms with Crippen molar-refractivity contribution in [3.63, 3.8) is 0 Å². The average molecular weight is 214 g/mol. The van der Waals surface area contributed by atoms with Crippen LogP contribution in [0.3, 0.4) is 0 Å². The number of amides is 1. The zero-order valence-electron chi connectivity index (χ0n) is 8.16. The van der Waals surface area contributed by atoms with Crippen molar-refractivity contribution in [3.8, 4) is 5.75 Å². The molecule has 76 valence electrons. The number of halogens is 1. The van der Waals surface area contributed by atoms with E-state index in [4.69, 9.17) is 16.3 Å². The van der Waals surface area contributed by atoms with Crippen LogP contribution >= 0.6 is 11.6 Å². The SMILES string of the molecule is COc1ccccc1CN(C)C(=O)Cl. The highest BCUT2D eigenvalue weighted by molar-refractivity contribution is 6.62. The molecule has 0 saturated carbocycles. The molecule has 0 bridgehead atoms. The lowest BCUT2D eigenvalue weighted by Gasteiger charge is -2.15. The molecule has 0 radical (unpaired) electrons. The van der Waals surface area contributed by atoms with E-state index in [1.54, 1.807) is 14.2 Å². The van der Waals surface area contributed by atoms with Gasteiger partial charge >= 0.3 is 5.37 Å². The number of carbonyl (C=O) groups excluding carboxylic acids is 1. The van der Waals surface area contributed by atoms with E-state index in [9.17, 15) is 4.79 Å². The fourth-order valence-electron chi connectivity index (χ4n) is 1.15. The topological polar surface area (TPSA) is 29.5 Å². The van der Waals surface area contributed by atoms with E-state index in [0.717, 1.165) is 11.3 Å². The Morgan fingerprint density at radius 1 is 1.50 bits per heavy atom. The lowest BCUT2D eigenvalue weighted by atomic mass is 10.2. The van der Waals surface area contributed by atoms with Gasteiger partial charge in [0.2, 0.25) is 0 Å². The van der Waals surface area contributed by atoms with Crippen molar-refractivity contribution in [1.29, 1.82) is 0 Å². The summed E-state index contributed by atoms with van der Waals surface area (Å²) < 4.78 is 5.14. The number of benzene rings is 1. The summed E-state index contributed by atoms with van der Waals surface area (Å²) in [6.45, 7) is 0.451. The predicted octanol–water partition coefficient (Wildman–Crippen LogP) is 2.49. The van der Waals surface area contributed by atoms with Gasteiger partial charge in [-0.3, -0.25) is 4.79 Å². The van der Waals surface area contributed by atoms with E-state index in [0.29, 0.717) is 6.54 Å². The molecular weight excluding hydrogens is 202 g/mol. The van der Waals surface area contributed by atoms with E-state index >= 15 is 0 Å². The number of para-hydroxylation sites is 1. The summed E-state index contributed by atoms with van der Waals surface area (Å²) in [5, 5.41) is -0.476. The molecule has 4 heteroatoms. The number of carbonyl (C=O) groups is 1. The fourth-order valence-corrected chi connectivity index (χ4v) is 1.21. The number of methoxy groups -OCH3 is 1. The van der Waals surface area contributed by atoms with E-state index < -0.39 is 5.37 Å². The van der Waals surface area contributed by atoms with Gasteiger partial charge in [0.1, 0.15) is 5.75 Å². The van der Waals surface area contributed by atoms with Crippen molar-refractivity contribution in [2.24, 2.45) is 0 Å². The van der Waals surface area contributed by atoms with Crippen LogP contribution in [-0.4, -0.2) is 24.4 Å². The number of nitrogens with zero attached hydrogens (tertiary/aromatic N) is 1. The Labute approximate surface area is 88.2 Å². The van der Waals surface area contributed by atoms with Gasteiger partial charge in [-0.25, -0.2) is 0 Å². The first kappa shape index (κ1) is 10.9. The molecular formula is C10H12ClNO2. The number of hydrogen-bond acceptors (Lipinski definition) is 2. The van der Waals surface area contributed by atoms with Gasteiger partial charge in [-0.1, -0.05) is 18.2 Å². The maximum absolute atomic E-state index is 10.8. The Balaban J connectivity index is 2.80. The Hall–Kier alpha value is -1.22. The van der Waals surface area contributed by atoms with Gasteiger partial charge < -0.3 is 9.64 Å². The number of ether oxygens (including phenoxy) is 1. The smallest absolute Gasteiger partial charge is 0.316 e. The molecule has 0 spiro atoms. The molecule has 0 aliphatic heterocycles. The van der Waals surface area contributed by atoms with Gasteiger partial charge in [-0.05, 0) is 17.7 Å². The van der Waals surface area contributed by atoms with E-state index in [2.05, 4.69) is 0 Å². The Kier molecular flexibility index (Phi) is 3.77. The van der Waals surface area contributed by atoms with Crippen molar-refractivity contribution < 1.29 is 9.53 Å². The van der Waals surface area contributed by atoms with E-state index in [1.165, 1.54) is 4.90 Å². The average Bonchev–Trinajstić information content (AvgIpc) is 2.18. The summed E-state index contributed by atoms with van der Waals surface area (Å²) in [5.74, 6) is 0.761. The molecule has 0 aromatic heterocycles. The van der Waals surface area contributed by atoms with Gasteiger partial charge in [0.05, 0.1) is 13.7 Å². The molecule has 1 aromatic carbocycles. The van der Waals surface area contributed by atoms with Crippen LogP contribution in [0.4, 0.5) is 4.79 Å². The van der Waals surface area contributed by atoms with Crippen LogP contribution in [0, 0.1) is 0 Å². The summed E-state index contributed by atoms with van der Waals surface area (Å²) in [6, 6.07) is 7.52. The lowest BCUT2D eigenvalue weighted by molar-refractivity contribution is 0.230. The second-order valence-corrected chi connectivity index (χ2v) is 3.24. The Morgan fingerprint density at radius 3 is 2.71 bits per heavy atom. The molecule has 0 aliphatic rings. The van der Waals surface area contributed by atoms with Crippen LogP contribution in [0.15, 0.2) is 24.3 Å². The molecule has 0 fully saturated rings. The van der Waals surface area contributed by atoms with Crippen LogP contribution in [0.1, 0.15) is 5.56 Å². The van der Waals surface area contributed by atoms with Crippen LogP contribution in [0.2, 0.25) is 0 Å². The van der Waals surface area contributed by atoms with Crippen molar-refractivity contribution in [2.45, 2.75) is 6.54 Å². The predicted molar refractivity (Wildman–Crippen MR) is 55.7 cm³/mol. The highest BCUT2D eigenvalue weighted by Crippen LogP contribution is 2.18. The standard InChI is InChI=1S/C10H12ClNO2/c1-12(10(11)13)7-8-5-3-4-6-9(8)14-2/h3-6H,7H2,1-2H3. The maximum Gasteiger partial charge on any atom is 0.316 e. The summed E-state index contributed by atoms with van der Waals surface area (Å²) in [5.41, 5.74) is 0.937. The maximum atomic E-state index is 10.8. The van der Waals surface area contributed by atoms with Gasteiger partial charge in [0, 0.05) is 12.6 Å². The molecule has 1 rings (SSSR count). The molecule has 0 N–H and O–H groups in total. The third-order valence-electron chi connectivity index (χ3n) is 1.90. The highest BCUT2D eigenvalue weighted by Gasteiger charge is 2.08. The van der Waals surface area contributed by atoms with Gasteiger partial charge in [-0.2, -0.15) is 0 Å². The first-order chi connectivity index (χ1) is 6.65. The Bertz CT molecular complexity index is 328. The minimum absolute atomic E-state index is 0.451. The van der Waals surface area contributed by atoms with Crippen LogP contribution in [-0.2, 0) is 6.54 Å². The van der Waals surface area contributed by atoms with Crippen LogP contribution in [0.5, 0.6) is 5.75 Å². The quantitative estimate of drug-likeness (QED) is 0.570. The number of rotatable bonds is 3.